The van der Waals surface area contributed by atoms with E-state index < -0.39 is 29.7 Å². The van der Waals surface area contributed by atoms with Gasteiger partial charge in [0.15, 0.2) is 0 Å². The number of fused-ring (bicyclic) bond motifs is 2. The number of nitrogens with zero attached hydrogens (tertiary/aromatic N) is 2. The minimum atomic E-state index is -1.47. The molecular weight excluding hydrogens is 385 g/mol. The third-order valence-corrected chi connectivity index (χ3v) is 5.12. The van der Waals surface area contributed by atoms with Crippen LogP contribution in [-0.4, -0.2) is 34.5 Å². The highest BCUT2D eigenvalue weighted by atomic mass is 19.1. The molecule has 5 rings (SSSR count). The van der Waals surface area contributed by atoms with Crippen molar-refractivity contribution in [2.75, 3.05) is 5.32 Å². The van der Waals surface area contributed by atoms with E-state index in [2.05, 4.69) is 10.3 Å². The Morgan fingerprint density at radius 1 is 0.733 bits per heavy atom. The van der Waals surface area contributed by atoms with E-state index in [1.165, 1.54) is 18.2 Å². The van der Waals surface area contributed by atoms with E-state index in [0.717, 1.165) is 4.90 Å². The van der Waals surface area contributed by atoms with Gasteiger partial charge in [0.1, 0.15) is 5.82 Å². The number of halogens is 1. The van der Waals surface area contributed by atoms with Crippen molar-refractivity contribution in [2.45, 2.75) is 6.17 Å². The van der Waals surface area contributed by atoms with E-state index in [9.17, 15) is 18.8 Å². The van der Waals surface area contributed by atoms with Gasteiger partial charge in [0.2, 0.25) is 6.17 Å². The number of rotatable bonds is 2. The summed E-state index contributed by atoms with van der Waals surface area (Å²) in [6.45, 7) is 0. The second kappa shape index (κ2) is 6.73. The van der Waals surface area contributed by atoms with Gasteiger partial charge in [0.25, 0.3) is 17.7 Å². The maximum absolute atomic E-state index is 14.6. The topological polar surface area (TPSA) is 78.8 Å². The summed E-state index contributed by atoms with van der Waals surface area (Å²) in [6.07, 6.45) is -1.47. The first kappa shape index (κ1) is 17.9. The van der Waals surface area contributed by atoms with E-state index in [-0.39, 0.29) is 22.4 Å². The fraction of sp³-hybridized carbons (Fsp3) is 0.0435. The summed E-state index contributed by atoms with van der Waals surface area (Å²) in [5.41, 5.74) is 1.68. The van der Waals surface area contributed by atoms with Crippen molar-refractivity contribution in [1.82, 2.24) is 4.90 Å². The summed E-state index contributed by atoms with van der Waals surface area (Å²) in [7, 11) is 0. The Kier molecular flexibility index (Phi) is 4.03. The van der Waals surface area contributed by atoms with Gasteiger partial charge in [-0.15, -0.1) is 0 Å². The van der Waals surface area contributed by atoms with Gasteiger partial charge in [0, 0.05) is 11.1 Å². The summed E-state index contributed by atoms with van der Waals surface area (Å²) in [4.78, 5) is 44.1. The molecule has 2 aliphatic rings. The minimum absolute atomic E-state index is 0.169. The van der Waals surface area contributed by atoms with Crippen LogP contribution >= 0.6 is 0 Å². The molecule has 0 bridgehead atoms. The standard InChI is InChI=1S/C23H14FN3O3/c24-17-11-5-3-9-15(17)19-16-10-4-6-12-18(16)25-21(28)20(26-19)27-22(29)13-7-1-2-8-14(13)23(27)30/h1-12,20H,(H,25,28). The van der Waals surface area contributed by atoms with Crippen LogP contribution in [0.2, 0.25) is 0 Å². The molecule has 146 valence electrons. The first-order valence-electron chi connectivity index (χ1n) is 9.26. The number of hydrogen-bond donors (Lipinski definition) is 1. The molecule has 0 saturated heterocycles. The van der Waals surface area contributed by atoms with E-state index in [0.29, 0.717) is 11.3 Å². The molecule has 6 nitrogen and oxygen atoms in total. The Morgan fingerprint density at radius 3 is 1.90 bits per heavy atom. The number of hydrogen-bond acceptors (Lipinski definition) is 4. The molecular formula is C23H14FN3O3. The van der Waals surface area contributed by atoms with Crippen LogP contribution in [0.4, 0.5) is 10.1 Å². The number of carbonyl (C=O) groups is 3. The zero-order valence-corrected chi connectivity index (χ0v) is 15.5. The van der Waals surface area contributed by atoms with Crippen LogP contribution in [0.1, 0.15) is 31.8 Å². The van der Waals surface area contributed by atoms with Gasteiger partial charge < -0.3 is 5.32 Å². The zero-order valence-electron chi connectivity index (χ0n) is 15.5. The Morgan fingerprint density at radius 2 is 1.27 bits per heavy atom. The maximum atomic E-state index is 14.6. The minimum Gasteiger partial charge on any atom is -0.322 e. The Hall–Kier alpha value is -4.13. The molecule has 0 aromatic heterocycles. The number of benzodiazepines with no additional fused rings is 1. The van der Waals surface area contributed by atoms with Gasteiger partial charge in [0.05, 0.1) is 22.5 Å². The number of aliphatic imine (C=N–C) groups is 1. The fourth-order valence-electron chi connectivity index (χ4n) is 3.72. The number of anilines is 1. The van der Waals surface area contributed by atoms with Gasteiger partial charge in [-0.3, -0.25) is 14.4 Å². The molecule has 0 radical (unpaired) electrons. The quantitative estimate of drug-likeness (QED) is 0.672. The number of carbonyl (C=O) groups excluding carboxylic acids is 3. The number of amides is 3. The average molecular weight is 399 g/mol. The molecule has 30 heavy (non-hydrogen) atoms. The van der Waals surface area contributed by atoms with Crippen molar-refractivity contribution in [3.63, 3.8) is 0 Å². The van der Waals surface area contributed by atoms with Crippen molar-refractivity contribution >= 4 is 29.1 Å². The molecule has 2 heterocycles. The second-order valence-corrected chi connectivity index (χ2v) is 6.89. The number of benzene rings is 3. The van der Waals surface area contributed by atoms with Crippen molar-refractivity contribution in [2.24, 2.45) is 4.99 Å². The maximum Gasteiger partial charge on any atom is 0.270 e. The SMILES string of the molecule is O=C1Nc2ccccc2C(c2ccccc2F)=NC1N1C(=O)c2ccccc2C1=O. The highest BCUT2D eigenvalue weighted by Crippen LogP contribution is 2.30. The lowest BCUT2D eigenvalue weighted by atomic mass is 10.0. The van der Waals surface area contributed by atoms with Crippen LogP contribution in [-0.2, 0) is 4.79 Å². The van der Waals surface area contributed by atoms with Gasteiger partial charge in [-0.1, -0.05) is 42.5 Å². The second-order valence-electron chi connectivity index (χ2n) is 6.89. The van der Waals surface area contributed by atoms with E-state index in [1.54, 1.807) is 54.6 Å². The first-order valence-corrected chi connectivity index (χ1v) is 9.26. The van der Waals surface area contributed by atoms with E-state index in [1.807, 2.05) is 0 Å². The van der Waals surface area contributed by atoms with Crippen LogP contribution < -0.4 is 5.32 Å². The molecule has 0 spiro atoms. The predicted molar refractivity (Wildman–Crippen MR) is 108 cm³/mol. The highest BCUT2D eigenvalue weighted by Gasteiger charge is 2.44. The van der Waals surface area contributed by atoms with Crippen LogP contribution in [0.25, 0.3) is 0 Å². The lowest BCUT2D eigenvalue weighted by molar-refractivity contribution is -0.119. The highest BCUT2D eigenvalue weighted by molar-refractivity contribution is 6.25. The molecule has 2 aliphatic heterocycles. The van der Waals surface area contributed by atoms with Gasteiger partial charge >= 0.3 is 0 Å². The molecule has 3 aromatic carbocycles. The van der Waals surface area contributed by atoms with Gasteiger partial charge in [-0.2, -0.15) is 0 Å². The first-order chi connectivity index (χ1) is 14.6. The van der Waals surface area contributed by atoms with Crippen LogP contribution in [0.5, 0.6) is 0 Å². The zero-order chi connectivity index (χ0) is 20.8. The Balaban J connectivity index is 1.70. The summed E-state index contributed by atoms with van der Waals surface area (Å²) >= 11 is 0. The van der Waals surface area contributed by atoms with E-state index >= 15 is 0 Å². The van der Waals surface area contributed by atoms with Crippen molar-refractivity contribution in [3.05, 3.63) is 101 Å². The fourth-order valence-corrected chi connectivity index (χ4v) is 3.72. The molecule has 3 aromatic rings. The average Bonchev–Trinajstić information content (AvgIpc) is 2.91. The van der Waals surface area contributed by atoms with Gasteiger partial charge in [-0.05, 0) is 30.3 Å². The number of para-hydroxylation sites is 1. The molecule has 1 N–H and O–H groups in total. The summed E-state index contributed by atoms with van der Waals surface area (Å²) in [6, 6.07) is 19.2. The molecule has 7 heteroatoms. The third kappa shape index (κ3) is 2.63. The number of imide groups is 1. The van der Waals surface area contributed by atoms with Crippen molar-refractivity contribution in [3.8, 4) is 0 Å². The molecule has 3 amide bonds. The number of nitrogens with one attached hydrogen (secondary N) is 1. The Labute approximate surface area is 170 Å². The summed E-state index contributed by atoms with van der Waals surface area (Å²) in [5, 5.41) is 2.71. The largest absolute Gasteiger partial charge is 0.322 e. The monoisotopic (exact) mass is 399 g/mol. The molecule has 0 aliphatic carbocycles. The molecule has 0 fully saturated rings. The van der Waals surface area contributed by atoms with Crippen LogP contribution in [0.3, 0.4) is 0 Å². The molecule has 0 saturated carbocycles. The van der Waals surface area contributed by atoms with Crippen molar-refractivity contribution in [1.29, 1.82) is 0 Å². The summed E-state index contributed by atoms with van der Waals surface area (Å²) < 4.78 is 14.6. The third-order valence-electron chi connectivity index (χ3n) is 5.12. The van der Waals surface area contributed by atoms with Crippen LogP contribution in [0.15, 0.2) is 77.8 Å². The van der Waals surface area contributed by atoms with Crippen molar-refractivity contribution < 1.29 is 18.8 Å². The van der Waals surface area contributed by atoms with Gasteiger partial charge in [-0.25, -0.2) is 14.3 Å². The molecule has 1 atom stereocenters. The Bertz CT molecular complexity index is 1230. The van der Waals surface area contributed by atoms with E-state index in [4.69, 9.17) is 0 Å². The van der Waals surface area contributed by atoms with Crippen LogP contribution in [0, 0.1) is 5.82 Å². The lowest BCUT2D eigenvalue weighted by Gasteiger charge is -2.21. The smallest absolute Gasteiger partial charge is 0.270 e. The lowest BCUT2D eigenvalue weighted by Crippen LogP contribution is -2.46. The predicted octanol–water partition coefficient (Wildman–Crippen LogP) is 3.24. The molecule has 1 unspecified atom stereocenters. The summed E-state index contributed by atoms with van der Waals surface area (Å²) in [5.74, 6) is -2.40. The normalized spacial score (nSPS) is 17.8.